The summed E-state index contributed by atoms with van der Waals surface area (Å²) >= 11 is 0. The molecule has 0 radical (unpaired) electrons. The molecule has 0 amide bonds. The highest BCUT2D eigenvalue weighted by molar-refractivity contribution is 5.76. The average Bonchev–Trinajstić information content (AvgIpc) is 2.69. The smallest absolute Gasteiger partial charge is 0.323 e. The van der Waals surface area contributed by atoms with Gasteiger partial charge in [-0.1, -0.05) is 79.1 Å². The summed E-state index contributed by atoms with van der Waals surface area (Å²) in [5.41, 5.74) is 5.20. The minimum atomic E-state index is -0.296. The molecule has 1 N–H and O–H groups in total. The molecule has 0 saturated heterocycles. The monoisotopic (exact) mass is 411 g/mol. The molecule has 0 aliphatic carbocycles. The Morgan fingerprint density at radius 1 is 0.933 bits per heavy atom. The molecule has 0 unspecified atom stereocenters. The molecule has 30 heavy (non-hydrogen) atoms. The van der Waals surface area contributed by atoms with Gasteiger partial charge >= 0.3 is 5.97 Å². The van der Waals surface area contributed by atoms with E-state index in [4.69, 9.17) is 4.74 Å². The van der Waals surface area contributed by atoms with E-state index in [9.17, 15) is 4.79 Å². The summed E-state index contributed by atoms with van der Waals surface area (Å²) in [4.78, 5) is 12.5. The van der Waals surface area contributed by atoms with E-state index in [2.05, 4.69) is 51.2 Å². The molecule has 1 atom stereocenters. The minimum Gasteiger partial charge on any atom is -0.460 e. The Bertz CT molecular complexity index is 710. The number of rotatable bonds is 13. The van der Waals surface area contributed by atoms with Crippen molar-refractivity contribution in [1.82, 2.24) is 5.32 Å². The standard InChI is InChI=1S/C27H41NO2/c1-21(2)12-10-13-23(5)14-11-15-24(6)18-19-28-26(22(3)4)27(29)30-20-25-16-8-7-9-17-25/h7-9,12,14,16-18,22,26,28H,10-11,13,15,19-20H2,1-6H3/b23-14+,24-18+/t26-/m0/s1. The first-order valence-corrected chi connectivity index (χ1v) is 11.2. The maximum atomic E-state index is 12.5. The third kappa shape index (κ3) is 11.8. The maximum Gasteiger partial charge on any atom is 0.323 e. The van der Waals surface area contributed by atoms with Crippen molar-refractivity contribution in [2.45, 2.75) is 79.9 Å². The summed E-state index contributed by atoms with van der Waals surface area (Å²) in [6.07, 6.45) is 11.2. The number of carbonyl (C=O) groups is 1. The zero-order valence-electron chi connectivity index (χ0n) is 19.8. The Morgan fingerprint density at radius 3 is 2.13 bits per heavy atom. The van der Waals surface area contributed by atoms with Gasteiger partial charge in [0.1, 0.15) is 12.6 Å². The zero-order valence-corrected chi connectivity index (χ0v) is 19.8. The zero-order chi connectivity index (χ0) is 22.4. The normalized spacial score (nSPS) is 13.3. The van der Waals surface area contributed by atoms with Gasteiger partial charge in [-0.2, -0.15) is 0 Å². The van der Waals surface area contributed by atoms with Crippen LogP contribution in [0.25, 0.3) is 0 Å². The highest BCUT2D eigenvalue weighted by atomic mass is 16.5. The molecular formula is C27H41NO2. The van der Waals surface area contributed by atoms with Gasteiger partial charge in [-0.15, -0.1) is 0 Å². The molecule has 0 saturated carbocycles. The molecule has 1 rings (SSSR count). The number of hydrogen-bond acceptors (Lipinski definition) is 3. The average molecular weight is 412 g/mol. The van der Waals surface area contributed by atoms with Gasteiger partial charge in [0.15, 0.2) is 0 Å². The van der Waals surface area contributed by atoms with Crippen LogP contribution in [0.5, 0.6) is 0 Å². The Hall–Kier alpha value is -2.13. The molecule has 0 aliphatic heterocycles. The van der Waals surface area contributed by atoms with Crippen molar-refractivity contribution in [3.63, 3.8) is 0 Å². The minimum absolute atomic E-state index is 0.174. The number of allylic oxidation sites excluding steroid dienone is 5. The summed E-state index contributed by atoms with van der Waals surface area (Å²) in [7, 11) is 0. The van der Waals surface area contributed by atoms with Crippen molar-refractivity contribution in [2.24, 2.45) is 5.92 Å². The molecule has 166 valence electrons. The highest BCUT2D eigenvalue weighted by Crippen LogP contribution is 2.12. The second-order valence-corrected chi connectivity index (χ2v) is 8.68. The van der Waals surface area contributed by atoms with Crippen LogP contribution in [0.4, 0.5) is 0 Å². The van der Waals surface area contributed by atoms with Gasteiger partial charge in [0.05, 0.1) is 0 Å². The van der Waals surface area contributed by atoms with E-state index in [-0.39, 0.29) is 17.9 Å². The van der Waals surface area contributed by atoms with Gasteiger partial charge in [-0.25, -0.2) is 0 Å². The number of nitrogens with one attached hydrogen (secondary N) is 1. The molecule has 0 fully saturated rings. The van der Waals surface area contributed by atoms with Crippen LogP contribution in [0, 0.1) is 5.92 Å². The fraction of sp³-hybridized carbons (Fsp3) is 0.519. The number of ether oxygens (including phenoxy) is 1. The SMILES string of the molecule is CC(C)=CCC/C(C)=C/CC/C(C)=C/CN[C@H](C(=O)OCc1ccccc1)C(C)C. The molecule has 1 aromatic rings. The third-order valence-corrected chi connectivity index (χ3v) is 5.06. The Labute approximate surface area is 184 Å². The molecular weight excluding hydrogens is 370 g/mol. The van der Waals surface area contributed by atoms with E-state index in [0.29, 0.717) is 13.2 Å². The lowest BCUT2D eigenvalue weighted by Crippen LogP contribution is -2.42. The van der Waals surface area contributed by atoms with E-state index >= 15 is 0 Å². The van der Waals surface area contributed by atoms with Crippen LogP contribution in [-0.4, -0.2) is 18.6 Å². The van der Waals surface area contributed by atoms with E-state index in [1.165, 1.54) is 16.7 Å². The van der Waals surface area contributed by atoms with Crippen LogP contribution >= 0.6 is 0 Å². The van der Waals surface area contributed by atoms with Gasteiger partial charge in [0.2, 0.25) is 0 Å². The van der Waals surface area contributed by atoms with E-state index < -0.39 is 0 Å². The number of benzene rings is 1. The van der Waals surface area contributed by atoms with Gasteiger partial charge < -0.3 is 10.1 Å². The predicted octanol–water partition coefficient (Wildman–Crippen LogP) is 6.76. The van der Waals surface area contributed by atoms with Crippen LogP contribution < -0.4 is 5.32 Å². The van der Waals surface area contributed by atoms with Gasteiger partial charge in [0.25, 0.3) is 0 Å². The first kappa shape index (κ1) is 25.9. The summed E-state index contributed by atoms with van der Waals surface area (Å²) in [6, 6.07) is 9.50. The molecule has 3 nitrogen and oxygen atoms in total. The molecule has 0 aliphatic rings. The van der Waals surface area contributed by atoms with Crippen molar-refractivity contribution < 1.29 is 9.53 Å². The van der Waals surface area contributed by atoms with Crippen molar-refractivity contribution in [3.05, 3.63) is 70.8 Å². The van der Waals surface area contributed by atoms with Crippen LogP contribution in [-0.2, 0) is 16.1 Å². The van der Waals surface area contributed by atoms with Crippen LogP contribution in [0.2, 0.25) is 0 Å². The summed E-state index contributed by atoms with van der Waals surface area (Å²) in [5, 5.41) is 3.35. The van der Waals surface area contributed by atoms with Crippen LogP contribution in [0.3, 0.4) is 0 Å². The first-order chi connectivity index (χ1) is 14.3. The fourth-order valence-electron chi connectivity index (χ4n) is 3.11. The Balaban J connectivity index is 2.39. The van der Waals surface area contributed by atoms with Crippen LogP contribution in [0.15, 0.2) is 65.3 Å². The predicted molar refractivity (Wildman–Crippen MR) is 128 cm³/mol. The number of esters is 1. The van der Waals surface area contributed by atoms with E-state index in [1.54, 1.807) is 0 Å². The molecule has 0 bridgehead atoms. The van der Waals surface area contributed by atoms with E-state index in [1.807, 2.05) is 44.2 Å². The largest absolute Gasteiger partial charge is 0.460 e. The molecule has 0 spiro atoms. The molecule has 0 aromatic heterocycles. The highest BCUT2D eigenvalue weighted by Gasteiger charge is 2.22. The summed E-state index contributed by atoms with van der Waals surface area (Å²) in [5.74, 6) is -0.0109. The van der Waals surface area contributed by atoms with Crippen molar-refractivity contribution in [2.75, 3.05) is 6.54 Å². The van der Waals surface area contributed by atoms with Crippen LogP contribution in [0.1, 0.15) is 72.8 Å². The maximum absolute atomic E-state index is 12.5. The Kier molecular flexibility index (Phi) is 12.8. The van der Waals surface area contributed by atoms with Gasteiger partial charge in [-0.3, -0.25) is 4.79 Å². The lowest BCUT2D eigenvalue weighted by molar-refractivity contribution is -0.148. The lowest BCUT2D eigenvalue weighted by Gasteiger charge is -2.20. The fourth-order valence-corrected chi connectivity index (χ4v) is 3.11. The number of hydrogen-bond donors (Lipinski definition) is 1. The molecule has 1 aromatic carbocycles. The van der Waals surface area contributed by atoms with E-state index in [0.717, 1.165) is 31.2 Å². The first-order valence-electron chi connectivity index (χ1n) is 11.2. The van der Waals surface area contributed by atoms with Crippen molar-refractivity contribution in [3.8, 4) is 0 Å². The summed E-state index contributed by atoms with van der Waals surface area (Å²) < 4.78 is 5.51. The topological polar surface area (TPSA) is 38.3 Å². The number of carbonyl (C=O) groups excluding carboxylic acids is 1. The van der Waals surface area contributed by atoms with Crippen molar-refractivity contribution >= 4 is 5.97 Å². The molecule has 0 heterocycles. The van der Waals surface area contributed by atoms with Crippen molar-refractivity contribution in [1.29, 1.82) is 0 Å². The second-order valence-electron chi connectivity index (χ2n) is 8.68. The molecule has 3 heteroatoms. The third-order valence-electron chi connectivity index (χ3n) is 5.06. The lowest BCUT2D eigenvalue weighted by atomic mass is 10.0. The Morgan fingerprint density at radius 2 is 1.53 bits per heavy atom. The quantitative estimate of drug-likeness (QED) is 0.288. The second kappa shape index (κ2) is 14.8. The van der Waals surface area contributed by atoms with Gasteiger partial charge in [0, 0.05) is 6.54 Å². The van der Waals surface area contributed by atoms with Gasteiger partial charge in [-0.05, 0) is 64.9 Å². The summed E-state index contributed by atoms with van der Waals surface area (Å²) in [6.45, 7) is 13.8.